The summed E-state index contributed by atoms with van der Waals surface area (Å²) < 4.78 is 11.5. The molecule has 29 heavy (non-hydrogen) atoms. The van der Waals surface area contributed by atoms with Crippen molar-refractivity contribution in [3.8, 4) is 11.5 Å². The standard InChI is InChI=1S/C23H28N2O3.ClH/c1-25(20-13-18-7-8-19(14-20)24-18)23(26)16-28-22-11-9-21(10-12-22)27-15-17-5-3-2-4-6-17;/h2-6,9-12,18-20,24H,7-8,13-16H2,1H3;1H. The van der Waals surface area contributed by atoms with Gasteiger partial charge in [0.15, 0.2) is 6.61 Å². The van der Waals surface area contributed by atoms with E-state index in [0.717, 1.165) is 24.2 Å². The van der Waals surface area contributed by atoms with Crippen molar-refractivity contribution in [3.63, 3.8) is 0 Å². The molecule has 0 aliphatic carbocycles. The molecule has 0 radical (unpaired) electrons. The Labute approximate surface area is 178 Å². The predicted molar refractivity (Wildman–Crippen MR) is 116 cm³/mol. The van der Waals surface area contributed by atoms with E-state index in [2.05, 4.69) is 5.32 Å². The molecule has 156 valence electrons. The number of ether oxygens (including phenoxy) is 2. The minimum atomic E-state index is 0. The van der Waals surface area contributed by atoms with Crippen molar-refractivity contribution in [1.29, 1.82) is 0 Å². The lowest BCUT2D eigenvalue weighted by atomic mass is 9.98. The summed E-state index contributed by atoms with van der Waals surface area (Å²) in [6.45, 7) is 0.600. The number of likely N-dealkylation sites (N-methyl/N-ethyl adjacent to an activating group) is 1. The molecule has 0 spiro atoms. The van der Waals surface area contributed by atoms with Gasteiger partial charge in [0, 0.05) is 25.2 Å². The van der Waals surface area contributed by atoms with Crippen molar-refractivity contribution in [3.05, 3.63) is 60.2 Å². The number of benzene rings is 2. The van der Waals surface area contributed by atoms with Crippen molar-refractivity contribution in [2.75, 3.05) is 13.7 Å². The summed E-state index contributed by atoms with van der Waals surface area (Å²) in [6.07, 6.45) is 4.56. The van der Waals surface area contributed by atoms with Gasteiger partial charge in [-0.25, -0.2) is 0 Å². The van der Waals surface area contributed by atoms with E-state index in [1.54, 1.807) is 0 Å². The van der Waals surface area contributed by atoms with Crippen molar-refractivity contribution in [1.82, 2.24) is 10.2 Å². The molecular formula is C23H29ClN2O3. The fourth-order valence-corrected chi connectivity index (χ4v) is 4.17. The van der Waals surface area contributed by atoms with Crippen molar-refractivity contribution in [2.45, 2.75) is 50.4 Å². The highest BCUT2D eigenvalue weighted by atomic mass is 35.5. The minimum Gasteiger partial charge on any atom is -0.489 e. The first-order valence-electron chi connectivity index (χ1n) is 10.1. The molecule has 2 aliphatic heterocycles. The van der Waals surface area contributed by atoms with Crippen molar-refractivity contribution in [2.24, 2.45) is 0 Å². The summed E-state index contributed by atoms with van der Waals surface area (Å²) in [5, 5.41) is 3.62. The average Bonchev–Trinajstić information content (AvgIpc) is 3.09. The van der Waals surface area contributed by atoms with Crippen LogP contribution in [0.4, 0.5) is 0 Å². The van der Waals surface area contributed by atoms with E-state index in [9.17, 15) is 4.79 Å². The van der Waals surface area contributed by atoms with Crippen LogP contribution in [0.25, 0.3) is 0 Å². The highest BCUT2D eigenvalue weighted by Crippen LogP contribution is 2.29. The highest BCUT2D eigenvalue weighted by molar-refractivity contribution is 5.85. The molecule has 6 heteroatoms. The smallest absolute Gasteiger partial charge is 0.260 e. The summed E-state index contributed by atoms with van der Waals surface area (Å²) in [6, 6.07) is 19.0. The maximum absolute atomic E-state index is 12.5. The van der Waals surface area contributed by atoms with Gasteiger partial charge in [0.2, 0.25) is 0 Å². The summed E-state index contributed by atoms with van der Waals surface area (Å²) in [7, 11) is 1.90. The van der Waals surface area contributed by atoms with Gasteiger partial charge in [0.05, 0.1) is 0 Å². The molecule has 2 fully saturated rings. The Morgan fingerprint density at radius 2 is 1.55 bits per heavy atom. The van der Waals surface area contributed by atoms with E-state index < -0.39 is 0 Å². The van der Waals surface area contributed by atoms with Gasteiger partial charge in [-0.2, -0.15) is 0 Å². The second-order valence-electron chi connectivity index (χ2n) is 7.80. The molecule has 2 heterocycles. The van der Waals surface area contributed by atoms with Crippen LogP contribution in [-0.2, 0) is 11.4 Å². The van der Waals surface area contributed by atoms with Crippen molar-refractivity contribution < 1.29 is 14.3 Å². The molecular weight excluding hydrogens is 388 g/mol. The molecule has 0 aromatic heterocycles. The fourth-order valence-electron chi connectivity index (χ4n) is 4.17. The normalized spacial score (nSPS) is 22.4. The van der Waals surface area contributed by atoms with E-state index in [4.69, 9.17) is 9.47 Å². The summed E-state index contributed by atoms with van der Waals surface area (Å²) >= 11 is 0. The van der Waals surface area contributed by atoms with Gasteiger partial charge in [0.25, 0.3) is 5.91 Å². The van der Waals surface area contributed by atoms with Crippen LogP contribution in [0.5, 0.6) is 11.5 Å². The second-order valence-corrected chi connectivity index (χ2v) is 7.80. The Balaban J connectivity index is 0.00000240. The van der Waals surface area contributed by atoms with Crippen LogP contribution in [-0.4, -0.2) is 42.6 Å². The van der Waals surface area contributed by atoms with Crippen LogP contribution in [0.2, 0.25) is 0 Å². The monoisotopic (exact) mass is 416 g/mol. The average molecular weight is 417 g/mol. The Hall–Kier alpha value is -2.24. The topological polar surface area (TPSA) is 50.8 Å². The van der Waals surface area contributed by atoms with Gasteiger partial charge in [-0.05, 0) is 55.5 Å². The quantitative estimate of drug-likeness (QED) is 0.745. The molecule has 2 unspecified atom stereocenters. The molecule has 2 saturated heterocycles. The highest BCUT2D eigenvalue weighted by Gasteiger charge is 2.36. The Morgan fingerprint density at radius 3 is 2.17 bits per heavy atom. The number of rotatable bonds is 7. The number of piperidine rings is 1. The van der Waals surface area contributed by atoms with Gasteiger partial charge >= 0.3 is 0 Å². The van der Waals surface area contributed by atoms with Crippen LogP contribution < -0.4 is 14.8 Å². The predicted octanol–water partition coefficient (Wildman–Crippen LogP) is 3.81. The summed E-state index contributed by atoms with van der Waals surface area (Å²) in [5.74, 6) is 1.50. The number of halogens is 1. The third-order valence-corrected chi connectivity index (χ3v) is 5.82. The first-order valence-corrected chi connectivity index (χ1v) is 10.1. The fraction of sp³-hybridized carbons (Fsp3) is 0.435. The summed E-state index contributed by atoms with van der Waals surface area (Å²) in [4.78, 5) is 14.4. The third kappa shape index (κ3) is 5.64. The van der Waals surface area contributed by atoms with Crippen LogP contribution in [0.15, 0.2) is 54.6 Å². The first-order chi connectivity index (χ1) is 13.7. The molecule has 1 amide bonds. The number of fused-ring (bicyclic) bond motifs is 2. The minimum absolute atomic E-state index is 0. The Morgan fingerprint density at radius 1 is 0.966 bits per heavy atom. The molecule has 2 aromatic rings. The first kappa shape index (κ1) is 21.5. The zero-order chi connectivity index (χ0) is 19.3. The number of carbonyl (C=O) groups is 1. The molecule has 2 aromatic carbocycles. The van der Waals surface area contributed by atoms with Crippen LogP contribution >= 0.6 is 12.4 Å². The maximum Gasteiger partial charge on any atom is 0.260 e. The Kier molecular flexibility index (Phi) is 7.40. The van der Waals surface area contributed by atoms with Crippen LogP contribution in [0.1, 0.15) is 31.2 Å². The molecule has 4 rings (SSSR count). The van der Waals surface area contributed by atoms with Gasteiger partial charge in [-0.3, -0.25) is 4.79 Å². The zero-order valence-corrected chi connectivity index (χ0v) is 17.6. The molecule has 2 atom stereocenters. The zero-order valence-electron chi connectivity index (χ0n) is 16.8. The summed E-state index contributed by atoms with van der Waals surface area (Å²) in [5.41, 5.74) is 1.13. The molecule has 2 aliphatic rings. The lowest BCUT2D eigenvalue weighted by molar-refractivity contribution is -0.134. The van der Waals surface area contributed by atoms with Gasteiger partial charge in [-0.15, -0.1) is 12.4 Å². The number of nitrogens with zero attached hydrogens (tertiary/aromatic N) is 1. The number of hydrogen-bond donors (Lipinski definition) is 1. The third-order valence-electron chi connectivity index (χ3n) is 5.82. The van der Waals surface area contributed by atoms with E-state index in [-0.39, 0.29) is 24.9 Å². The lowest BCUT2D eigenvalue weighted by Gasteiger charge is -2.35. The molecule has 1 N–H and O–H groups in total. The maximum atomic E-state index is 12.5. The van der Waals surface area contributed by atoms with Crippen LogP contribution in [0, 0.1) is 0 Å². The number of carbonyl (C=O) groups excluding carboxylic acids is 1. The van der Waals surface area contributed by atoms with Crippen molar-refractivity contribution >= 4 is 18.3 Å². The van der Waals surface area contributed by atoms with Gasteiger partial charge in [-0.1, -0.05) is 30.3 Å². The lowest BCUT2D eigenvalue weighted by Crippen LogP contribution is -2.49. The van der Waals surface area contributed by atoms with E-state index >= 15 is 0 Å². The largest absolute Gasteiger partial charge is 0.489 e. The molecule has 0 saturated carbocycles. The van der Waals surface area contributed by atoms with Gasteiger partial charge < -0.3 is 19.7 Å². The van der Waals surface area contributed by atoms with E-state index in [1.165, 1.54) is 12.8 Å². The van der Waals surface area contributed by atoms with Gasteiger partial charge in [0.1, 0.15) is 18.1 Å². The molecule has 2 bridgehead atoms. The number of amides is 1. The number of hydrogen-bond acceptors (Lipinski definition) is 4. The van der Waals surface area contributed by atoms with Crippen LogP contribution in [0.3, 0.4) is 0 Å². The Bertz CT molecular complexity index is 772. The second kappa shape index (κ2) is 9.99. The number of nitrogens with one attached hydrogen (secondary N) is 1. The SMILES string of the molecule is CN(C(=O)COc1ccc(OCc2ccccc2)cc1)C1CC2CCC(C1)N2.Cl. The van der Waals surface area contributed by atoms with E-state index in [0.29, 0.717) is 30.5 Å². The molecule has 5 nitrogen and oxygen atoms in total. The van der Waals surface area contributed by atoms with E-state index in [1.807, 2.05) is 66.5 Å².